The minimum atomic E-state index is 0.578. The molecule has 0 N–H and O–H groups in total. The molecular weight excluding hydrogens is 242 g/mol. The molecule has 0 bridgehead atoms. The molecule has 2 unspecified atom stereocenters. The number of hydrogen-bond donors (Lipinski definition) is 0. The van der Waals surface area contributed by atoms with Crippen molar-refractivity contribution in [1.82, 2.24) is 4.90 Å². The molecule has 0 aromatic heterocycles. The highest BCUT2D eigenvalue weighted by atomic mass is 15.2. The van der Waals surface area contributed by atoms with Crippen molar-refractivity contribution in [2.45, 2.75) is 45.1 Å². The normalized spacial score (nSPS) is 27.1. The van der Waals surface area contributed by atoms with Gasteiger partial charge in [0.05, 0.1) is 0 Å². The van der Waals surface area contributed by atoms with Gasteiger partial charge in [-0.3, -0.25) is 4.90 Å². The van der Waals surface area contributed by atoms with Gasteiger partial charge in [0.1, 0.15) is 0 Å². The lowest BCUT2D eigenvalue weighted by Crippen LogP contribution is -2.44. The Balaban J connectivity index is 2.04. The molecule has 2 aliphatic rings. The first-order valence-electron chi connectivity index (χ1n) is 8.05. The second-order valence-electron chi connectivity index (χ2n) is 6.27. The fraction of sp³-hybridized carbons (Fsp3) is 0.579. The van der Waals surface area contributed by atoms with Gasteiger partial charge in [0, 0.05) is 6.04 Å². The average molecular weight is 271 g/mol. The second-order valence-corrected chi connectivity index (χ2v) is 6.27. The quantitative estimate of drug-likeness (QED) is 0.653. The summed E-state index contributed by atoms with van der Waals surface area (Å²) in [5.74, 6) is 1.48. The molecule has 1 heterocycles. The van der Waals surface area contributed by atoms with Crippen molar-refractivity contribution in [2.24, 2.45) is 11.8 Å². The van der Waals surface area contributed by atoms with Gasteiger partial charge in [-0.25, -0.2) is 0 Å². The molecule has 1 nitrogen and oxygen atoms in total. The number of piperidine rings is 1. The molecule has 1 aliphatic heterocycles. The van der Waals surface area contributed by atoms with Crippen molar-refractivity contribution < 1.29 is 0 Å². The van der Waals surface area contributed by atoms with E-state index in [0.29, 0.717) is 12.0 Å². The fourth-order valence-electron chi connectivity index (χ4n) is 3.82. The summed E-state index contributed by atoms with van der Waals surface area (Å²) in [4.78, 5) is 2.67. The first-order chi connectivity index (χ1) is 9.71. The third kappa shape index (κ3) is 3.15. The van der Waals surface area contributed by atoms with E-state index in [4.69, 9.17) is 0 Å². The fourth-order valence-corrected chi connectivity index (χ4v) is 3.82. The molecule has 0 spiro atoms. The summed E-state index contributed by atoms with van der Waals surface area (Å²) < 4.78 is 0. The van der Waals surface area contributed by atoms with E-state index in [-0.39, 0.29) is 0 Å². The molecular formula is C19H29N. The highest BCUT2D eigenvalue weighted by molar-refractivity contribution is 5.37. The van der Waals surface area contributed by atoms with Gasteiger partial charge in [0.2, 0.25) is 0 Å². The molecule has 110 valence electrons. The third-order valence-corrected chi connectivity index (χ3v) is 5.25. The van der Waals surface area contributed by atoms with Crippen LogP contribution in [0.2, 0.25) is 0 Å². The average Bonchev–Trinajstić information content (AvgIpc) is 2.53. The van der Waals surface area contributed by atoms with Crippen molar-refractivity contribution in [3.63, 3.8) is 0 Å². The molecule has 2 rings (SSSR count). The lowest BCUT2D eigenvalue weighted by atomic mass is 9.82. The van der Waals surface area contributed by atoms with Gasteiger partial charge in [0.15, 0.2) is 0 Å². The van der Waals surface area contributed by atoms with Gasteiger partial charge >= 0.3 is 0 Å². The van der Waals surface area contributed by atoms with Crippen LogP contribution in [-0.2, 0) is 0 Å². The van der Waals surface area contributed by atoms with E-state index >= 15 is 0 Å². The Bertz CT molecular complexity index is 396. The number of rotatable bonds is 5. The first kappa shape index (κ1) is 15.3. The molecule has 1 fully saturated rings. The van der Waals surface area contributed by atoms with Gasteiger partial charge < -0.3 is 0 Å². The van der Waals surface area contributed by atoms with Gasteiger partial charge in [-0.2, -0.15) is 0 Å². The van der Waals surface area contributed by atoms with Crippen molar-refractivity contribution >= 4 is 0 Å². The smallest absolute Gasteiger partial charge is 0.0350 e. The monoisotopic (exact) mass is 271 g/mol. The van der Waals surface area contributed by atoms with Crippen LogP contribution in [0, 0.1) is 11.8 Å². The zero-order valence-corrected chi connectivity index (χ0v) is 13.0. The Morgan fingerprint density at radius 3 is 2.35 bits per heavy atom. The van der Waals surface area contributed by atoms with Gasteiger partial charge in [-0.1, -0.05) is 38.3 Å². The molecule has 20 heavy (non-hydrogen) atoms. The lowest BCUT2D eigenvalue weighted by Gasteiger charge is -2.41. The van der Waals surface area contributed by atoms with E-state index in [1.807, 2.05) is 6.08 Å². The number of hydrogen-bond acceptors (Lipinski definition) is 1. The van der Waals surface area contributed by atoms with E-state index in [9.17, 15) is 0 Å². The SMILES string of the molecule is C=CC1=C(C=C)C(N2CCC(C(C)C=C)CC2)CCC1. The van der Waals surface area contributed by atoms with Crippen LogP contribution in [0.15, 0.2) is 49.1 Å². The molecule has 0 radical (unpaired) electrons. The van der Waals surface area contributed by atoms with Crippen LogP contribution in [0.3, 0.4) is 0 Å². The predicted octanol–water partition coefficient (Wildman–Crippen LogP) is 4.74. The van der Waals surface area contributed by atoms with Crippen LogP contribution in [-0.4, -0.2) is 24.0 Å². The van der Waals surface area contributed by atoms with Crippen LogP contribution >= 0.6 is 0 Å². The third-order valence-electron chi connectivity index (χ3n) is 5.25. The van der Waals surface area contributed by atoms with E-state index in [1.54, 1.807) is 0 Å². The standard InChI is InChI=1S/C19H29N/c1-5-15(4)17-11-13-20(14-12-17)19-10-8-9-16(6-2)18(19)7-3/h5-7,15,17,19H,1-3,8-14H2,4H3. The summed E-state index contributed by atoms with van der Waals surface area (Å²) in [6.45, 7) is 16.7. The summed E-state index contributed by atoms with van der Waals surface area (Å²) in [6.07, 6.45) is 12.6. The van der Waals surface area contributed by atoms with E-state index in [0.717, 1.165) is 5.92 Å². The van der Waals surface area contributed by atoms with Crippen molar-refractivity contribution in [3.05, 3.63) is 49.1 Å². The molecule has 0 aromatic carbocycles. The van der Waals surface area contributed by atoms with E-state index < -0.39 is 0 Å². The minimum Gasteiger partial charge on any atom is -0.296 e. The first-order valence-corrected chi connectivity index (χ1v) is 8.05. The van der Waals surface area contributed by atoms with Crippen LogP contribution in [0.5, 0.6) is 0 Å². The maximum atomic E-state index is 4.04. The molecule has 0 aromatic rings. The summed E-state index contributed by atoms with van der Waals surface area (Å²) in [5, 5.41) is 0. The Kier molecular flexibility index (Phi) is 5.42. The summed E-state index contributed by atoms with van der Waals surface area (Å²) in [7, 11) is 0. The highest BCUT2D eigenvalue weighted by Crippen LogP contribution is 2.34. The van der Waals surface area contributed by atoms with Crippen molar-refractivity contribution in [1.29, 1.82) is 0 Å². The molecule has 0 saturated carbocycles. The number of nitrogens with zero attached hydrogens (tertiary/aromatic N) is 1. The van der Waals surface area contributed by atoms with Gasteiger partial charge in [0.25, 0.3) is 0 Å². The van der Waals surface area contributed by atoms with Crippen molar-refractivity contribution in [2.75, 3.05) is 13.1 Å². The topological polar surface area (TPSA) is 3.24 Å². The van der Waals surface area contributed by atoms with Crippen LogP contribution in [0.1, 0.15) is 39.0 Å². The Labute approximate surface area is 124 Å². The lowest BCUT2D eigenvalue weighted by molar-refractivity contribution is 0.127. The summed E-state index contributed by atoms with van der Waals surface area (Å²) in [6, 6.07) is 0.578. The van der Waals surface area contributed by atoms with E-state index in [2.05, 4.69) is 43.7 Å². The zero-order valence-electron chi connectivity index (χ0n) is 13.0. The number of allylic oxidation sites excluding steroid dienone is 3. The highest BCUT2D eigenvalue weighted by Gasteiger charge is 2.30. The molecule has 1 aliphatic carbocycles. The Morgan fingerprint density at radius 1 is 1.10 bits per heavy atom. The molecule has 2 atom stereocenters. The predicted molar refractivity (Wildman–Crippen MR) is 88.7 cm³/mol. The summed E-state index contributed by atoms with van der Waals surface area (Å²) >= 11 is 0. The molecule has 1 saturated heterocycles. The minimum absolute atomic E-state index is 0.578. The van der Waals surface area contributed by atoms with E-state index in [1.165, 1.54) is 56.3 Å². The van der Waals surface area contributed by atoms with Crippen LogP contribution in [0.4, 0.5) is 0 Å². The zero-order chi connectivity index (χ0) is 14.5. The van der Waals surface area contributed by atoms with Gasteiger partial charge in [-0.05, 0) is 68.2 Å². The maximum absolute atomic E-state index is 4.04. The van der Waals surface area contributed by atoms with Crippen LogP contribution in [0.25, 0.3) is 0 Å². The van der Waals surface area contributed by atoms with Crippen LogP contribution < -0.4 is 0 Å². The Hall–Kier alpha value is -1.08. The molecule has 1 heteroatoms. The largest absolute Gasteiger partial charge is 0.296 e. The Morgan fingerprint density at radius 2 is 1.80 bits per heavy atom. The van der Waals surface area contributed by atoms with Crippen molar-refractivity contribution in [3.8, 4) is 0 Å². The maximum Gasteiger partial charge on any atom is 0.0350 e. The summed E-state index contributed by atoms with van der Waals surface area (Å²) in [5.41, 5.74) is 2.85. The number of likely N-dealkylation sites (tertiary alicyclic amines) is 1. The second kappa shape index (κ2) is 7.08. The molecule has 0 amide bonds. The van der Waals surface area contributed by atoms with Gasteiger partial charge in [-0.15, -0.1) is 6.58 Å².